The van der Waals surface area contributed by atoms with Crippen LogP contribution in [0.25, 0.3) is 72.3 Å². The van der Waals surface area contributed by atoms with Crippen LogP contribution in [-0.2, 0) is 0 Å². The van der Waals surface area contributed by atoms with E-state index in [0.717, 1.165) is 61.8 Å². The lowest BCUT2D eigenvalue weighted by Crippen LogP contribution is -1.93. The Balaban J connectivity index is 1.34. The summed E-state index contributed by atoms with van der Waals surface area (Å²) in [6.45, 7) is 4.14. The zero-order valence-corrected chi connectivity index (χ0v) is 25.3. The summed E-state index contributed by atoms with van der Waals surface area (Å²) in [7, 11) is 0. The fourth-order valence-electron chi connectivity index (χ4n) is 6.49. The minimum atomic E-state index is 0.930. The molecule has 0 saturated heterocycles. The van der Waals surface area contributed by atoms with E-state index in [2.05, 4.69) is 157 Å². The average Bonchev–Trinajstić information content (AvgIpc) is 3.48. The van der Waals surface area contributed by atoms with Gasteiger partial charge in [0, 0.05) is 34.3 Å². The maximum absolute atomic E-state index is 5.13. The van der Waals surface area contributed by atoms with Crippen molar-refractivity contribution in [3.05, 3.63) is 163 Å². The fourth-order valence-corrected chi connectivity index (χ4v) is 6.49. The lowest BCUT2D eigenvalue weighted by Gasteiger charge is -2.15. The second-order valence-corrected chi connectivity index (χ2v) is 11.6. The second kappa shape index (κ2) is 11.0. The van der Waals surface area contributed by atoms with Crippen molar-refractivity contribution in [2.24, 2.45) is 0 Å². The van der Waals surface area contributed by atoms with Gasteiger partial charge in [-0.25, -0.2) is 4.98 Å². The van der Waals surface area contributed by atoms with Gasteiger partial charge < -0.3 is 0 Å². The van der Waals surface area contributed by atoms with E-state index < -0.39 is 0 Å². The van der Waals surface area contributed by atoms with Gasteiger partial charge in [-0.05, 0) is 94.9 Å². The maximum Gasteiger partial charge on any atom is 0.137 e. The molecule has 45 heavy (non-hydrogen) atoms. The van der Waals surface area contributed by atoms with Crippen LogP contribution in [0.2, 0.25) is 0 Å². The number of hydrogen-bond donors (Lipinski definition) is 0. The highest BCUT2D eigenvalue weighted by molar-refractivity contribution is 5.98. The molecule has 3 heteroatoms. The van der Waals surface area contributed by atoms with Crippen LogP contribution in [0.15, 0.2) is 152 Å². The van der Waals surface area contributed by atoms with Crippen molar-refractivity contribution in [3.8, 4) is 55.9 Å². The van der Waals surface area contributed by atoms with Gasteiger partial charge in [0.05, 0.1) is 11.4 Å². The Kier molecular flexibility index (Phi) is 6.57. The number of benzene rings is 5. The van der Waals surface area contributed by atoms with Gasteiger partial charge >= 0.3 is 0 Å². The number of aromatic nitrogens is 3. The van der Waals surface area contributed by atoms with Crippen molar-refractivity contribution in [1.82, 2.24) is 14.4 Å². The van der Waals surface area contributed by atoms with Gasteiger partial charge in [0.25, 0.3) is 0 Å². The molecule has 3 aromatic heterocycles. The minimum Gasteiger partial charge on any atom is -0.299 e. The van der Waals surface area contributed by atoms with Crippen LogP contribution < -0.4 is 0 Å². The Labute approximate surface area is 263 Å². The van der Waals surface area contributed by atoms with Gasteiger partial charge in [-0.1, -0.05) is 103 Å². The Morgan fingerprint density at radius 2 is 1.13 bits per heavy atom. The molecule has 0 atom stereocenters. The quantitative estimate of drug-likeness (QED) is 0.204. The first-order valence-corrected chi connectivity index (χ1v) is 15.3. The molecule has 8 rings (SSSR count). The van der Waals surface area contributed by atoms with Gasteiger partial charge in [0.2, 0.25) is 0 Å². The number of aryl methyl sites for hydroxylation is 2. The van der Waals surface area contributed by atoms with Gasteiger partial charge in [0.1, 0.15) is 5.65 Å². The van der Waals surface area contributed by atoms with Crippen LogP contribution in [0.1, 0.15) is 11.4 Å². The van der Waals surface area contributed by atoms with E-state index >= 15 is 0 Å². The SMILES string of the molecule is Cc1ccc(-c2cc(-c3cccc(-c4nc5ccccn5c4-c4ccccc4)c3)cc(-c3cccc4ccccc34)c2)c(C)n1. The first-order valence-electron chi connectivity index (χ1n) is 15.3. The average molecular weight is 578 g/mol. The number of hydrogen-bond acceptors (Lipinski definition) is 2. The Hall–Kier alpha value is -5.80. The number of pyridine rings is 2. The summed E-state index contributed by atoms with van der Waals surface area (Å²) in [5.41, 5.74) is 14.3. The highest BCUT2D eigenvalue weighted by Crippen LogP contribution is 2.39. The molecule has 0 fully saturated rings. The summed E-state index contributed by atoms with van der Waals surface area (Å²) < 4.78 is 2.18. The molecule has 0 N–H and O–H groups in total. The molecule has 0 unspecified atom stereocenters. The molecule has 3 heterocycles. The van der Waals surface area contributed by atoms with Gasteiger partial charge in [-0.2, -0.15) is 0 Å². The monoisotopic (exact) mass is 577 g/mol. The molecule has 5 aromatic carbocycles. The topological polar surface area (TPSA) is 30.2 Å². The lowest BCUT2D eigenvalue weighted by molar-refractivity contribution is 1.13. The Morgan fingerprint density at radius 3 is 2.00 bits per heavy atom. The molecule has 8 aromatic rings. The van der Waals surface area contributed by atoms with Crippen molar-refractivity contribution >= 4 is 16.4 Å². The standard InChI is InChI=1S/C42H31N3/c1-28-21-22-37(29(2)43-28)35-25-34(26-36(27-35)39-19-11-15-30-12-6-7-18-38(30)39)32-16-10-17-33(24-32)41-42(31-13-4-3-5-14-31)45-23-9-8-20-40(45)44-41/h3-27H,1-2H3. The predicted octanol–water partition coefficient (Wildman–Crippen LogP) is 10.8. The number of nitrogens with zero attached hydrogens (tertiary/aromatic N) is 3. The molecule has 0 radical (unpaired) electrons. The van der Waals surface area contributed by atoms with E-state index in [4.69, 9.17) is 9.97 Å². The second-order valence-electron chi connectivity index (χ2n) is 11.6. The van der Waals surface area contributed by atoms with Crippen molar-refractivity contribution < 1.29 is 0 Å². The summed E-state index contributed by atoms with van der Waals surface area (Å²) >= 11 is 0. The summed E-state index contributed by atoms with van der Waals surface area (Å²) in [5.74, 6) is 0. The molecule has 0 aliphatic rings. The van der Waals surface area contributed by atoms with E-state index in [1.54, 1.807) is 0 Å². The van der Waals surface area contributed by atoms with Crippen LogP contribution in [-0.4, -0.2) is 14.4 Å². The molecule has 0 aliphatic heterocycles. The number of imidazole rings is 1. The molecule has 0 bridgehead atoms. The van der Waals surface area contributed by atoms with E-state index in [0.29, 0.717) is 0 Å². The largest absolute Gasteiger partial charge is 0.299 e. The molecular weight excluding hydrogens is 546 g/mol. The van der Waals surface area contributed by atoms with Gasteiger partial charge in [-0.15, -0.1) is 0 Å². The molecule has 3 nitrogen and oxygen atoms in total. The third-order valence-electron chi connectivity index (χ3n) is 8.62. The third kappa shape index (κ3) is 4.89. The van der Waals surface area contributed by atoms with Crippen molar-refractivity contribution in [2.45, 2.75) is 13.8 Å². The Bertz CT molecular complexity index is 2340. The fraction of sp³-hybridized carbons (Fsp3) is 0.0476. The molecule has 0 spiro atoms. The summed E-state index contributed by atoms with van der Waals surface area (Å²) in [6, 6.07) is 51.9. The van der Waals surface area contributed by atoms with E-state index in [1.807, 2.05) is 13.0 Å². The van der Waals surface area contributed by atoms with Crippen molar-refractivity contribution in [1.29, 1.82) is 0 Å². The first-order chi connectivity index (χ1) is 22.1. The highest BCUT2D eigenvalue weighted by atomic mass is 15.0. The molecule has 214 valence electrons. The van der Waals surface area contributed by atoms with E-state index in [-0.39, 0.29) is 0 Å². The third-order valence-corrected chi connectivity index (χ3v) is 8.62. The first kappa shape index (κ1) is 26.8. The predicted molar refractivity (Wildman–Crippen MR) is 187 cm³/mol. The van der Waals surface area contributed by atoms with Gasteiger partial charge in [-0.3, -0.25) is 9.38 Å². The van der Waals surface area contributed by atoms with Crippen LogP contribution in [0.5, 0.6) is 0 Å². The zero-order chi connectivity index (χ0) is 30.3. The Morgan fingerprint density at radius 1 is 0.467 bits per heavy atom. The van der Waals surface area contributed by atoms with Crippen LogP contribution in [0.3, 0.4) is 0 Å². The molecule has 0 amide bonds. The van der Waals surface area contributed by atoms with Gasteiger partial charge in [0.15, 0.2) is 0 Å². The summed E-state index contributed by atoms with van der Waals surface area (Å²) in [4.78, 5) is 9.94. The number of fused-ring (bicyclic) bond motifs is 2. The summed E-state index contributed by atoms with van der Waals surface area (Å²) in [5, 5.41) is 2.48. The highest BCUT2D eigenvalue weighted by Gasteiger charge is 2.17. The van der Waals surface area contributed by atoms with Crippen molar-refractivity contribution in [2.75, 3.05) is 0 Å². The molecular formula is C42H31N3. The van der Waals surface area contributed by atoms with E-state index in [1.165, 1.54) is 21.9 Å². The molecule has 0 saturated carbocycles. The number of rotatable bonds is 5. The normalized spacial score (nSPS) is 11.3. The summed E-state index contributed by atoms with van der Waals surface area (Å²) in [6.07, 6.45) is 2.09. The smallest absolute Gasteiger partial charge is 0.137 e. The van der Waals surface area contributed by atoms with E-state index in [9.17, 15) is 0 Å². The van der Waals surface area contributed by atoms with Crippen LogP contribution in [0, 0.1) is 13.8 Å². The van der Waals surface area contributed by atoms with Crippen LogP contribution in [0.4, 0.5) is 0 Å². The minimum absolute atomic E-state index is 0.930. The maximum atomic E-state index is 5.13. The lowest BCUT2D eigenvalue weighted by atomic mass is 9.90. The van der Waals surface area contributed by atoms with Crippen molar-refractivity contribution in [3.63, 3.8) is 0 Å². The molecule has 0 aliphatic carbocycles. The van der Waals surface area contributed by atoms with Crippen LogP contribution >= 0.6 is 0 Å². The zero-order valence-electron chi connectivity index (χ0n) is 25.3.